The number of esters is 1. The van der Waals surface area contributed by atoms with E-state index in [1.807, 2.05) is 38.1 Å². The number of fused-ring (bicyclic) bond motifs is 1. The van der Waals surface area contributed by atoms with Crippen LogP contribution in [0, 0.1) is 6.92 Å². The van der Waals surface area contributed by atoms with Gasteiger partial charge in [0.1, 0.15) is 6.10 Å². The first-order valence-corrected chi connectivity index (χ1v) is 12.1. The van der Waals surface area contributed by atoms with Crippen molar-refractivity contribution in [2.24, 2.45) is 0 Å². The number of nitrogens with zero attached hydrogens (tertiary/aromatic N) is 1. The van der Waals surface area contributed by atoms with Gasteiger partial charge in [-0.3, -0.25) is 0 Å². The molecule has 1 saturated carbocycles. The lowest BCUT2D eigenvalue weighted by Gasteiger charge is -2.31. The van der Waals surface area contributed by atoms with E-state index in [0.29, 0.717) is 16.6 Å². The van der Waals surface area contributed by atoms with E-state index < -0.39 is 0 Å². The third-order valence-electron chi connectivity index (χ3n) is 6.83. The number of hydrogen-bond donors (Lipinski definition) is 1. The summed E-state index contributed by atoms with van der Waals surface area (Å²) in [6, 6.07) is 14.5. The molecule has 0 bridgehead atoms. The molecule has 1 aliphatic carbocycles. The van der Waals surface area contributed by atoms with Crippen LogP contribution in [0.25, 0.3) is 10.9 Å². The average molecular weight is 453 g/mol. The Morgan fingerprint density at radius 1 is 1.16 bits per heavy atom. The van der Waals surface area contributed by atoms with Gasteiger partial charge in [-0.25, -0.2) is 4.79 Å². The summed E-state index contributed by atoms with van der Waals surface area (Å²) in [6.07, 6.45) is 7.33. The van der Waals surface area contributed by atoms with Crippen LogP contribution in [0.5, 0.6) is 0 Å². The van der Waals surface area contributed by atoms with Crippen LogP contribution in [0.15, 0.2) is 42.5 Å². The molecule has 1 aliphatic rings. The topological polar surface area (TPSA) is 45.3 Å². The highest BCUT2D eigenvalue weighted by Crippen LogP contribution is 2.28. The van der Waals surface area contributed by atoms with Crippen LogP contribution in [0.3, 0.4) is 0 Å². The van der Waals surface area contributed by atoms with Crippen molar-refractivity contribution in [3.8, 4) is 0 Å². The van der Waals surface area contributed by atoms with Gasteiger partial charge in [-0.15, -0.1) is 0 Å². The quantitative estimate of drug-likeness (QED) is 0.398. The molecule has 4 rings (SSSR count). The summed E-state index contributed by atoms with van der Waals surface area (Å²) in [5.74, 6) is -0.298. The Balaban J connectivity index is 1.48. The largest absolute Gasteiger partial charge is 0.454 e. The fourth-order valence-corrected chi connectivity index (χ4v) is 4.95. The summed E-state index contributed by atoms with van der Waals surface area (Å²) in [5, 5.41) is 1.61. The number of aromatic amines is 1. The van der Waals surface area contributed by atoms with Gasteiger partial charge in [-0.1, -0.05) is 49.1 Å². The number of nitrogens with one attached hydrogen (secondary N) is 1. The molecule has 1 heterocycles. The van der Waals surface area contributed by atoms with E-state index in [1.165, 1.54) is 37.7 Å². The van der Waals surface area contributed by atoms with E-state index in [1.54, 1.807) is 0 Å². The number of carbonyl (C=O) groups is 1. The number of carbonyl (C=O) groups excluding carboxylic acids is 1. The first kappa shape index (κ1) is 22.9. The van der Waals surface area contributed by atoms with Gasteiger partial charge in [0.05, 0.1) is 5.56 Å². The molecule has 4 nitrogen and oxygen atoms in total. The predicted octanol–water partition coefficient (Wildman–Crippen LogP) is 6.85. The number of likely N-dealkylation sites (N-methyl/N-ethyl adjacent to an activating group) is 1. The Morgan fingerprint density at radius 3 is 2.59 bits per heavy atom. The highest BCUT2D eigenvalue weighted by molar-refractivity contribution is 6.30. The maximum Gasteiger partial charge on any atom is 0.341 e. The fourth-order valence-electron chi connectivity index (χ4n) is 4.82. The van der Waals surface area contributed by atoms with E-state index in [0.717, 1.165) is 35.1 Å². The second kappa shape index (κ2) is 10.1. The number of rotatable bonds is 7. The molecule has 3 aromatic rings. The van der Waals surface area contributed by atoms with Crippen LogP contribution in [0.4, 0.5) is 0 Å². The summed E-state index contributed by atoms with van der Waals surface area (Å²) < 4.78 is 5.82. The second-order valence-corrected chi connectivity index (χ2v) is 9.56. The van der Waals surface area contributed by atoms with Crippen molar-refractivity contribution >= 4 is 28.5 Å². The van der Waals surface area contributed by atoms with E-state index in [2.05, 4.69) is 35.1 Å². The molecule has 0 saturated heterocycles. The smallest absolute Gasteiger partial charge is 0.341 e. The minimum absolute atomic E-state index is 0.298. The maximum absolute atomic E-state index is 13.1. The van der Waals surface area contributed by atoms with Gasteiger partial charge in [0, 0.05) is 34.2 Å². The molecule has 1 N–H and O–H groups in total. The standard InChI is InChI=1S/C27H33ClN2O2/c1-18-26(27(31)32-19(2)21-10-12-22(28)13-11-21)24-17-20(9-14-25(24)29-18)15-16-30(3)23-7-5-4-6-8-23/h9-14,17,19,23,29H,4-8,15-16H2,1-3H3. The molecule has 0 spiro atoms. The van der Waals surface area contributed by atoms with Gasteiger partial charge < -0.3 is 14.6 Å². The zero-order chi connectivity index (χ0) is 22.7. The molecule has 2 aromatic carbocycles. The van der Waals surface area contributed by atoms with Crippen molar-refractivity contribution in [3.05, 3.63) is 69.9 Å². The van der Waals surface area contributed by atoms with Crippen molar-refractivity contribution in [1.82, 2.24) is 9.88 Å². The summed E-state index contributed by atoms with van der Waals surface area (Å²) in [4.78, 5) is 19.0. The molecule has 170 valence electrons. The van der Waals surface area contributed by atoms with Gasteiger partial charge in [-0.05, 0) is 75.5 Å². The summed E-state index contributed by atoms with van der Waals surface area (Å²) in [5.41, 5.74) is 4.61. The second-order valence-electron chi connectivity index (χ2n) is 9.13. The molecule has 1 unspecified atom stereocenters. The third-order valence-corrected chi connectivity index (χ3v) is 7.08. The monoisotopic (exact) mass is 452 g/mol. The number of aromatic nitrogens is 1. The minimum Gasteiger partial charge on any atom is -0.454 e. The molecule has 1 fully saturated rings. The molecule has 0 amide bonds. The first-order chi connectivity index (χ1) is 15.4. The van der Waals surface area contributed by atoms with Crippen molar-refractivity contribution < 1.29 is 9.53 Å². The first-order valence-electron chi connectivity index (χ1n) is 11.7. The minimum atomic E-state index is -0.351. The zero-order valence-corrected chi connectivity index (χ0v) is 20.0. The van der Waals surface area contributed by atoms with Crippen LogP contribution >= 0.6 is 11.6 Å². The van der Waals surface area contributed by atoms with E-state index in [4.69, 9.17) is 16.3 Å². The fraction of sp³-hybridized carbons (Fsp3) is 0.444. The summed E-state index contributed by atoms with van der Waals surface area (Å²) >= 11 is 5.98. The highest BCUT2D eigenvalue weighted by atomic mass is 35.5. The highest BCUT2D eigenvalue weighted by Gasteiger charge is 2.21. The SMILES string of the molecule is Cc1[nH]c2ccc(CCN(C)C3CCCCC3)cc2c1C(=O)OC(C)c1ccc(Cl)cc1. The van der Waals surface area contributed by atoms with Crippen molar-refractivity contribution in [2.75, 3.05) is 13.6 Å². The van der Waals surface area contributed by atoms with Crippen LogP contribution in [0.2, 0.25) is 5.02 Å². The number of benzene rings is 2. The molecular weight excluding hydrogens is 420 g/mol. The van der Waals surface area contributed by atoms with Crippen LogP contribution in [-0.2, 0) is 11.2 Å². The van der Waals surface area contributed by atoms with E-state index >= 15 is 0 Å². The Morgan fingerprint density at radius 2 is 1.88 bits per heavy atom. The van der Waals surface area contributed by atoms with Gasteiger partial charge in [0.25, 0.3) is 0 Å². The van der Waals surface area contributed by atoms with Crippen LogP contribution in [0.1, 0.15) is 72.3 Å². The lowest BCUT2D eigenvalue weighted by molar-refractivity contribution is 0.0339. The lowest BCUT2D eigenvalue weighted by Crippen LogP contribution is -2.34. The normalized spacial score (nSPS) is 15.9. The van der Waals surface area contributed by atoms with Crippen molar-refractivity contribution in [1.29, 1.82) is 0 Å². The molecule has 1 atom stereocenters. The Bertz CT molecular complexity index is 1070. The Hall–Kier alpha value is -2.30. The average Bonchev–Trinajstić information content (AvgIpc) is 3.13. The predicted molar refractivity (Wildman–Crippen MR) is 132 cm³/mol. The van der Waals surface area contributed by atoms with Crippen molar-refractivity contribution in [3.63, 3.8) is 0 Å². The number of hydrogen-bond acceptors (Lipinski definition) is 3. The zero-order valence-electron chi connectivity index (χ0n) is 19.3. The van der Waals surface area contributed by atoms with Crippen molar-refractivity contribution in [2.45, 2.75) is 64.5 Å². The van der Waals surface area contributed by atoms with Crippen LogP contribution < -0.4 is 0 Å². The Kier molecular flexibility index (Phi) is 7.22. The number of aryl methyl sites for hydroxylation is 1. The van der Waals surface area contributed by atoms with Crippen LogP contribution in [-0.4, -0.2) is 35.5 Å². The molecule has 32 heavy (non-hydrogen) atoms. The summed E-state index contributed by atoms with van der Waals surface area (Å²) in [6.45, 7) is 4.85. The lowest BCUT2D eigenvalue weighted by atomic mass is 9.94. The molecule has 5 heteroatoms. The van der Waals surface area contributed by atoms with Gasteiger partial charge in [0.15, 0.2) is 0 Å². The summed E-state index contributed by atoms with van der Waals surface area (Å²) in [7, 11) is 2.25. The molecule has 0 radical (unpaired) electrons. The van der Waals surface area contributed by atoms with E-state index in [-0.39, 0.29) is 12.1 Å². The molecule has 1 aromatic heterocycles. The molecular formula is C27H33ClN2O2. The van der Waals surface area contributed by atoms with Gasteiger partial charge >= 0.3 is 5.97 Å². The number of ether oxygens (including phenoxy) is 1. The maximum atomic E-state index is 13.1. The number of H-pyrrole nitrogens is 1. The molecule has 0 aliphatic heterocycles. The van der Waals surface area contributed by atoms with Gasteiger partial charge in [0.2, 0.25) is 0 Å². The Labute approximate surface area is 195 Å². The van der Waals surface area contributed by atoms with Gasteiger partial charge in [-0.2, -0.15) is 0 Å². The number of halogens is 1. The van der Waals surface area contributed by atoms with E-state index in [9.17, 15) is 4.79 Å². The third kappa shape index (κ3) is 5.19.